The lowest BCUT2D eigenvalue weighted by Gasteiger charge is -2.10. The van der Waals surface area contributed by atoms with Crippen molar-refractivity contribution in [1.29, 1.82) is 0 Å². The molecule has 0 saturated heterocycles. The second-order valence-corrected chi connectivity index (χ2v) is 5.48. The summed E-state index contributed by atoms with van der Waals surface area (Å²) in [5, 5.41) is 2.80. The third kappa shape index (κ3) is 5.16. The first kappa shape index (κ1) is 17.6. The van der Waals surface area contributed by atoms with E-state index in [9.17, 15) is 4.79 Å². The van der Waals surface area contributed by atoms with E-state index in [1.54, 1.807) is 13.2 Å². The number of carbonyl (C=O) groups excluding carboxylic acids is 1. The van der Waals surface area contributed by atoms with Crippen molar-refractivity contribution in [1.82, 2.24) is 5.32 Å². The van der Waals surface area contributed by atoms with Crippen molar-refractivity contribution in [2.24, 2.45) is 0 Å². The molecular formula is C20H23NO3. The molecule has 1 amide bonds. The van der Waals surface area contributed by atoms with Gasteiger partial charge in [0.15, 0.2) is 0 Å². The van der Waals surface area contributed by atoms with Gasteiger partial charge in [0.1, 0.15) is 18.1 Å². The molecule has 0 fully saturated rings. The van der Waals surface area contributed by atoms with Crippen molar-refractivity contribution < 1.29 is 14.3 Å². The van der Waals surface area contributed by atoms with Crippen LogP contribution in [0.3, 0.4) is 0 Å². The van der Waals surface area contributed by atoms with Crippen LogP contribution in [0.2, 0.25) is 0 Å². The molecule has 4 nitrogen and oxygen atoms in total. The molecule has 1 N–H and O–H groups in total. The van der Waals surface area contributed by atoms with Gasteiger partial charge in [-0.25, -0.2) is 0 Å². The Morgan fingerprint density at radius 1 is 1.12 bits per heavy atom. The smallest absolute Gasteiger partial charge is 0.244 e. The Morgan fingerprint density at radius 3 is 2.67 bits per heavy atom. The highest BCUT2D eigenvalue weighted by atomic mass is 16.5. The van der Waals surface area contributed by atoms with Crippen molar-refractivity contribution in [3.8, 4) is 11.5 Å². The zero-order valence-corrected chi connectivity index (χ0v) is 14.3. The van der Waals surface area contributed by atoms with Crippen LogP contribution >= 0.6 is 0 Å². The number of hydrogen-bond donors (Lipinski definition) is 1. The first-order chi connectivity index (χ1) is 11.6. The van der Waals surface area contributed by atoms with Gasteiger partial charge in [-0.15, -0.1) is 0 Å². The Balaban J connectivity index is 1.78. The van der Waals surface area contributed by atoms with Crippen LogP contribution in [0.25, 0.3) is 6.08 Å². The summed E-state index contributed by atoms with van der Waals surface area (Å²) < 4.78 is 10.9. The topological polar surface area (TPSA) is 47.6 Å². The molecule has 2 rings (SSSR count). The minimum Gasteiger partial charge on any atom is -0.496 e. The number of aryl methyl sites for hydroxylation is 2. The first-order valence-corrected chi connectivity index (χ1v) is 7.89. The fraction of sp³-hybridized carbons (Fsp3) is 0.250. The number of rotatable bonds is 7. The van der Waals surface area contributed by atoms with E-state index in [-0.39, 0.29) is 5.91 Å². The molecule has 2 aromatic carbocycles. The summed E-state index contributed by atoms with van der Waals surface area (Å²) in [5.74, 6) is 1.42. The minimum absolute atomic E-state index is 0.162. The van der Waals surface area contributed by atoms with E-state index in [1.807, 2.05) is 50.2 Å². The summed E-state index contributed by atoms with van der Waals surface area (Å²) in [6.07, 6.45) is 3.23. The van der Waals surface area contributed by atoms with Gasteiger partial charge in [0.2, 0.25) is 5.91 Å². The van der Waals surface area contributed by atoms with E-state index in [0.29, 0.717) is 13.2 Å². The molecule has 2 aromatic rings. The third-order valence-electron chi connectivity index (χ3n) is 3.54. The number of amides is 1. The maximum atomic E-state index is 11.8. The van der Waals surface area contributed by atoms with Crippen LogP contribution in [0.5, 0.6) is 11.5 Å². The van der Waals surface area contributed by atoms with E-state index in [1.165, 1.54) is 11.6 Å². The third-order valence-corrected chi connectivity index (χ3v) is 3.54. The highest BCUT2D eigenvalue weighted by Gasteiger charge is 2.01. The molecule has 24 heavy (non-hydrogen) atoms. The quantitative estimate of drug-likeness (QED) is 0.626. The van der Waals surface area contributed by atoms with Crippen LogP contribution in [0.4, 0.5) is 0 Å². The highest BCUT2D eigenvalue weighted by molar-refractivity contribution is 5.92. The highest BCUT2D eigenvalue weighted by Crippen LogP contribution is 2.19. The molecule has 126 valence electrons. The largest absolute Gasteiger partial charge is 0.496 e. The lowest BCUT2D eigenvalue weighted by molar-refractivity contribution is -0.116. The fourth-order valence-corrected chi connectivity index (χ4v) is 2.33. The fourth-order valence-electron chi connectivity index (χ4n) is 2.33. The van der Waals surface area contributed by atoms with Crippen LogP contribution in [0.15, 0.2) is 48.5 Å². The van der Waals surface area contributed by atoms with Gasteiger partial charge in [0.25, 0.3) is 0 Å². The number of carbonyl (C=O) groups is 1. The monoisotopic (exact) mass is 325 g/mol. The van der Waals surface area contributed by atoms with Gasteiger partial charge in [-0.1, -0.05) is 35.9 Å². The van der Waals surface area contributed by atoms with Gasteiger partial charge < -0.3 is 14.8 Å². The number of benzene rings is 2. The van der Waals surface area contributed by atoms with E-state index < -0.39 is 0 Å². The van der Waals surface area contributed by atoms with Crippen molar-refractivity contribution in [3.63, 3.8) is 0 Å². The Bertz CT molecular complexity index is 723. The van der Waals surface area contributed by atoms with Crippen LogP contribution in [-0.2, 0) is 4.79 Å². The van der Waals surface area contributed by atoms with Gasteiger partial charge in [0.05, 0.1) is 13.7 Å². The van der Waals surface area contributed by atoms with Crippen LogP contribution in [0.1, 0.15) is 16.7 Å². The molecule has 0 radical (unpaired) electrons. The number of hydrogen-bond acceptors (Lipinski definition) is 3. The van der Waals surface area contributed by atoms with Gasteiger partial charge in [-0.2, -0.15) is 0 Å². The average molecular weight is 325 g/mol. The predicted octanol–water partition coefficient (Wildman–Crippen LogP) is 3.52. The summed E-state index contributed by atoms with van der Waals surface area (Å²) in [5.41, 5.74) is 3.16. The number of para-hydroxylation sites is 1. The number of ether oxygens (including phenoxy) is 2. The second kappa shape index (κ2) is 8.77. The molecule has 0 bridgehead atoms. The molecular weight excluding hydrogens is 302 g/mol. The summed E-state index contributed by atoms with van der Waals surface area (Å²) >= 11 is 0. The van der Waals surface area contributed by atoms with E-state index >= 15 is 0 Å². The van der Waals surface area contributed by atoms with E-state index in [2.05, 4.69) is 11.4 Å². The van der Waals surface area contributed by atoms with Crippen LogP contribution in [0, 0.1) is 13.8 Å². The average Bonchev–Trinajstić information content (AvgIpc) is 2.58. The standard InChI is InChI=1S/C20H23NO3/c1-15-8-10-18(16(2)14-15)24-13-12-21-20(22)11-9-17-6-4-5-7-19(17)23-3/h4-11,14H,12-13H2,1-3H3,(H,21,22)/b11-9+. The van der Waals surface area contributed by atoms with Crippen molar-refractivity contribution in [2.45, 2.75) is 13.8 Å². The molecule has 0 unspecified atom stereocenters. The predicted molar refractivity (Wildman–Crippen MR) is 96.4 cm³/mol. The van der Waals surface area contributed by atoms with Gasteiger partial charge in [-0.05, 0) is 37.6 Å². The molecule has 0 aromatic heterocycles. The van der Waals surface area contributed by atoms with Crippen LogP contribution < -0.4 is 14.8 Å². The van der Waals surface area contributed by atoms with Gasteiger partial charge >= 0.3 is 0 Å². The Morgan fingerprint density at radius 2 is 1.92 bits per heavy atom. The van der Waals surface area contributed by atoms with Crippen molar-refractivity contribution in [2.75, 3.05) is 20.3 Å². The van der Waals surface area contributed by atoms with E-state index in [4.69, 9.17) is 9.47 Å². The van der Waals surface area contributed by atoms with Crippen LogP contribution in [-0.4, -0.2) is 26.2 Å². The Labute approximate surface area is 143 Å². The summed E-state index contributed by atoms with van der Waals surface area (Å²) in [6, 6.07) is 13.6. The van der Waals surface area contributed by atoms with Crippen molar-refractivity contribution >= 4 is 12.0 Å². The molecule has 0 aliphatic rings. The zero-order valence-electron chi connectivity index (χ0n) is 14.3. The van der Waals surface area contributed by atoms with Crippen molar-refractivity contribution in [3.05, 3.63) is 65.2 Å². The molecule has 0 heterocycles. The normalized spacial score (nSPS) is 10.6. The second-order valence-electron chi connectivity index (χ2n) is 5.48. The molecule has 0 aliphatic heterocycles. The maximum Gasteiger partial charge on any atom is 0.244 e. The van der Waals surface area contributed by atoms with Gasteiger partial charge in [0, 0.05) is 11.6 Å². The molecule has 0 atom stereocenters. The summed E-state index contributed by atoms with van der Waals surface area (Å²) in [7, 11) is 1.61. The molecule has 0 saturated carbocycles. The van der Waals surface area contributed by atoms with E-state index in [0.717, 1.165) is 22.6 Å². The Kier molecular flexibility index (Phi) is 6.43. The molecule has 0 aliphatic carbocycles. The zero-order chi connectivity index (χ0) is 17.4. The lowest BCUT2D eigenvalue weighted by atomic mass is 10.1. The number of methoxy groups -OCH3 is 1. The molecule has 4 heteroatoms. The minimum atomic E-state index is -0.162. The summed E-state index contributed by atoms with van der Waals surface area (Å²) in [6.45, 7) is 4.93. The van der Waals surface area contributed by atoms with Gasteiger partial charge in [-0.3, -0.25) is 4.79 Å². The summed E-state index contributed by atoms with van der Waals surface area (Å²) in [4.78, 5) is 11.8. The Hall–Kier alpha value is -2.75. The SMILES string of the molecule is COc1ccccc1/C=C/C(=O)NCCOc1ccc(C)cc1C. The number of nitrogens with one attached hydrogen (secondary N) is 1. The lowest BCUT2D eigenvalue weighted by Crippen LogP contribution is -2.26. The molecule has 0 spiro atoms. The maximum absolute atomic E-state index is 11.8. The first-order valence-electron chi connectivity index (χ1n) is 7.89.